The van der Waals surface area contributed by atoms with Crippen LogP contribution >= 0.6 is 0 Å². The third-order valence-electron chi connectivity index (χ3n) is 3.54. The molecule has 1 aliphatic rings. The van der Waals surface area contributed by atoms with Gasteiger partial charge in [0.2, 0.25) is 10.0 Å². The average Bonchev–Trinajstić information content (AvgIpc) is 3.12. The third kappa shape index (κ3) is 3.29. The standard InChI is InChI=1S/C14H22N2O4S/c1-4-15-9-12(7-13(15)14(17)18)21(19,20)16(8-10(2)3)11-5-6-11/h7,9-11H,4-6,8H2,1-3H3,(H,17,18). The summed E-state index contributed by atoms with van der Waals surface area (Å²) >= 11 is 0. The Labute approximate surface area is 125 Å². The molecule has 0 radical (unpaired) electrons. The van der Waals surface area contributed by atoms with Gasteiger partial charge in [-0.1, -0.05) is 13.8 Å². The fraction of sp³-hybridized carbons (Fsp3) is 0.643. The fourth-order valence-electron chi connectivity index (χ4n) is 2.37. The topological polar surface area (TPSA) is 79.6 Å². The summed E-state index contributed by atoms with van der Waals surface area (Å²) < 4.78 is 28.5. The number of aryl methyl sites for hydroxylation is 1. The molecule has 1 N–H and O–H groups in total. The SMILES string of the molecule is CCn1cc(S(=O)(=O)N(CC(C)C)C2CC2)cc1C(=O)O. The number of carboxylic acids is 1. The van der Waals surface area contributed by atoms with E-state index in [9.17, 15) is 13.2 Å². The molecule has 1 heterocycles. The van der Waals surface area contributed by atoms with Crippen LogP contribution < -0.4 is 0 Å². The second kappa shape index (κ2) is 5.81. The Morgan fingerprint density at radius 1 is 1.48 bits per heavy atom. The number of rotatable bonds is 7. The highest BCUT2D eigenvalue weighted by Gasteiger charge is 2.39. The minimum absolute atomic E-state index is 0.0105. The zero-order valence-electron chi connectivity index (χ0n) is 12.6. The first-order valence-electron chi connectivity index (χ1n) is 7.22. The van der Waals surface area contributed by atoms with Crippen molar-refractivity contribution >= 4 is 16.0 Å². The van der Waals surface area contributed by atoms with E-state index in [4.69, 9.17) is 5.11 Å². The highest BCUT2D eigenvalue weighted by atomic mass is 32.2. The third-order valence-corrected chi connectivity index (χ3v) is 5.42. The summed E-state index contributed by atoms with van der Waals surface area (Å²) in [6.07, 6.45) is 3.19. The van der Waals surface area contributed by atoms with Gasteiger partial charge in [-0.15, -0.1) is 0 Å². The largest absolute Gasteiger partial charge is 0.477 e. The van der Waals surface area contributed by atoms with Gasteiger partial charge in [-0.2, -0.15) is 4.31 Å². The van der Waals surface area contributed by atoms with Crippen LogP contribution in [0.25, 0.3) is 0 Å². The Morgan fingerprint density at radius 3 is 2.48 bits per heavy atom. The van der Waals surface area contributed by atoms with Crippen LogP contribution in [0.5, 0.6) is 0 Å². The van der Waals surface area contributed by atoms with Gasteiger partial charge in [0, 0.05) is 25.3 Å². The van der Waals surface area contributed by atoms with Crippen molar-refractivity contribution in [2.45, 2.75) is 51.1 Å². The van der Waals surface area contributed by atoms with Gasteiger partial charge in [-0.3, -0.25) is 0 Å². The van der Waals surface area contributed by atoms with Crippen LogP contribution in [-0.2, 0) is 16.6 Å². The van der Waals surface area contributed by atoms with E-state index in [0.29, 0.717) is 13.1 Å². The van der Waals surface area contributed by atoms with Crippen LogP contribution in [0.1, 0.15) is 44.1 Å². The molecule has 1 aromatic rings. The Kier molecular flexibility index (Phi) is 4.43. The number of aromatic nitrogens is 1. The molecule has 6 nitrogen and oxygen atoms in total. The van der Waals surface area contributed by atoms with Gasteiger partial charge in [-0.25, -0.2) is 13.2 Å². The molecular formula is C14H22N2O4S. The molecule has 0 bridgehead atoms. The van der Waals surface area contributed by atoms with Gasteiger partial charge in [0.15, 0.2) is 0 Å². The Bertz CT molecular complexity index is 629. The maximum atomic E-state index is 12.8. The summed E-state index contributed by atoms with van der Waals surface area (Å²) in [4.78, 5) is 11.3. The van der Waals surface area contributed by atoms with E-state index >= 15 is 0 Å². The van der Waals surface area contributed by atoms with E-state index in [1.54, 1.807) is 6.92 Å². The number of aromatic carboxylic acids is 1. The second-order valence-corrected chi connectivity index (χ2v) is 7.74. The molecule has 0 aromatic carbocycles. The quantitative estimate of drug-likeness (QED) is 0.835. The zero-order valence-corrected chi connectivity index (χ0v) is 13.4. The number of carbonyl (C=O) groups is 1. The maximum absolute atomic E-state index is 12.8. The molecule has 0 atom stereocenters. The van der Waals surface area contributed by atoms with Gasteiger partial charge < -0.3 is 9.67 Å². The molecule has 0 unspecified atom stereocenters. The maximum Gasteiger partial charge on any atom is 0.352 e. The molecule has 1 aliphatic carbocycles. The number of hydrogen-bond acceptors (Lipinski definition) is 3. The minimum atomic E-state index is -3.63. The van der Waals surface area contributed by atoms with Crippen LogP contribution in [-0.4, -0.2) is 41.0 Å². The van der Waals surface area contributed by atoms with Crippen LogP contribution in [0.2, 0.25) is 0 Å². The van der Waals surface area contributed by atoms with E-state index in [2.05, 4.69) is 0 Å². The molecule has 7 heteroatoms. The first-order chi connectivity index (χ1) is 9.77. The zero-order chi connectivity index (χ0) is 15.8. The summed E-state index contributed by atoms with van der Waals surface area (Å²) in [5.74, 6) is -0.882. The molecule has 118 valence electrons. The van der Waals surface area contributed by atoms with Crippen molar-refractivity contribution in [3.8, 4) is 0 Å². The Balaban J connectivity index is 2.40. The monoisotopic (exact) mass is 314 g/mol. The van der Waals surface area contributed by atoms with Crippen molar-refractivity contribution in [2.24, 2.45) is 5.92 Å². The van der Waals surface area contributed by atoms with E-state index < -0.39 is 16.0 Å². The van der Waals surface area contributed by atoms with Crippen LogP contribution in [0.4, 0.5) is 0 Å². The van der Waals surface area contributed by atoms with Crippen molar-refractivity contribution < 1.29 is 18.3 Å². The molecule has 0 aliphatic heterocycles. The van der Waals surface area contributed by atoms with E-state index in [1.807, 2.05) is 13.8 Å². The van der Waals surface area contributed by atoms with Crippen LogP contribution in [0.15, 0.2) is 17.2 Å². The molecule has 1 saturated carbocycles. The van der Waals surface area contributed by atoms with Crippen LogP contribution in [0, 0.1) is 5.92 Å². The predicted octanol–water partition coefficient (Wildman–Crippen LogP) is 2.02. The summed E-state index contributed by atoms with van der Waals surface area (Å²) in [5, 5.41) is 9.15. The van der Waals surface area contributed by atoms with Crippen molar-refractivity contribution in [1.29, 1.82) is 0 Å². The summed E-state index contributed by atoms with van der Waals surface area (Å²) in [6.45, 7) is 6.63. The lowest BCUT2D eigenvalue weighted by molar-refractivity contribution is 0.0685. The smallest absolute Gasteiger partial charge is 0.352 e. The number of sulfonamides is 1. The minimum Gasteiger partial charge on any atom is -0.477 e. The lowest BCUT2D eigenvalue weighted by Crippen LogP contribution is -2.36. The summed E-state index contributed by atoms with van der Waals surface area (Å²) in [7, 11) is -3.63. The average molecular weight is 314 g/mol. The van der Waals surface area contributed by atoms with Crippen molar-refractivity contribution in [3.05, 3.63) is 18.0 Å². The summed E-state index contributed by atoms with van der Waals surface area (Å²) in [6, 6.07) is 1.33. The Hall–Kier alpha value is -1.34. The molecule has 0 amide bonds. The highest BCUT2D eigenvalue weighted by Crippen LogP contribution is 2.33. The van der Waals surface area contributed by atoms with Crippen molar-refractivity contribution in [2.75, 3.05) is 6.54 Å². The van der Waals surface area contributed by atoms with Gasteiger partial charge in [0.05, 0.1) is 0 Å². The highest BCUT2D eigenvalue weighted by molar-refractivity contribution is 7.89. The molecule has 2 rings (SSSR count). The number of hydrogen-bond donors (Lipinski definition) is 1. The van der Waals surface area contributed by atoms with Crippen molar-refractivity contribution in [1.82, 2.24) is 8.87 Å². The molecule has 1 aromatic heterocycles. The van der Waals surface area contributed by atoms with E-state index in [-0.39, 0.29) is 22.5 Å². The molecular weight excluding hydrogens is 292 g/mol. The van der Waals surface area contributed by atoms with Crippen LogP contribution in [0.3, 0.4) is 0 Å². The van der Waals surface area contributed by atoms with Gasteiger partial charge in [0.1, 0.15) is 10.6 Å². The lowest BCUT2D eigenvalue weighted by atomic mass is 10.2. The molecule has 0 saturated heterocycles. The van der Waals surface area contributed by atoms with E-state index in [0.717, 1.165) is 12.8 Å². The molecule has 1 fully saturated rings. The number of nitrogens with zero attached hydrogens (tertiary/aromatic N) is 2. The fourth-order valence-corrected chi connectivity index (χ4v) is 4.26. The van der Waals surface area contributed by atoms with Crippen molar-refractivity contribution in [3.63, 3.8) is 0 Å². The molecule has 0 spiro atoms. The lowest BCUT2D eigenvalue weighted by Gasteiger charge is -2.23. The number of carboxylic acid groups (broad SMARTS) is 1. The predicted molar refractivity (Wildman–Crippen MR) is 78.8 cm³/mol. The van der Waals surface area contributed by atoms with Gasteiger partial charge in [0.25, 0.3) is 0 Å². The molecule has 21 heavy (non-hydrogen) atoms. The summed E-state index contributed by atoms with van der Waals surface area (Å²) in [5.41, 5.74) is 0.0105. The van der Waals surface area contributed by atoms with E-state index in [1.165, 1.54) is 21.1 Å². The van der Waals surface area contributed by atoms with Gasteiger partial charge >= 0.3 is 5.97 Å². The first kappa shape index (κ1) is 16.0. The Morgan fingerprint density at radius 2 is 2.10 bits per heavy atom. The second-order valence-electron chi connectivity index (χ2n) is 5.85. The normalized spacial score (nSPS) is 15.9. The van der Waals surface area contributed by atoms with Gasteiger partial charge in [-0.05, 0) is 31.7 Å². The first-order valence-corrected chi connectivity index (χ1v) is 8.66.